The van der Waals surface area contributed by atoms with Crippen LogP contribution in [0.25, 0.3) is 0 Å². The van der Waals surface area contributed by atoms with Crippen molar-refractivity contribution in [2.24, 2.45) is 5.73 Å². The number of nitrogens with one attached hydrogen (secondary N) is 1. The molecule has 19 heavy (non-hydrogen) atoms. The summed E-state index contributed by atoms with van der Waals surface area (Å²) in [5.74, 6) is -0.142. The Morgan fingerprint density at radius 1 is 1.21 bits per heavy atom. The van der Waals surface area contributed by atoms with E-state index >= 15 is 0 Å². The maximum absolute atomic E-state index is 12.1. The van der Waals surface area contributed by atoms with Crippen LogP contribution >= 0.6 is 35.6 Å². The molecule has 1 aromatic rings. The maximum Gasteiger partial charge on any atom is 0.253 e. The molecule has 1 aliphatic carbocycles. The highest BCUT2D eigenvalue weighted by atomic mass is 35.5. The second-order valence-corrected chi connectivity index (χ2v) is 5.55. The van der Waals surface area contributed by atoms with Gasteiger partial charge in [-0.3, -0.25) is 4.79 Å². The van der Waals surface area contributed by atoms with E-state index in [0.717, 1.165) is 25.7 Å². The lowest BCUT2D eigenvalue weighted by Gasteiger charge is -2.26. The van der Waals surface area contributed by atoms with Gasteiger partial charge in [-0.2, -0.15) is 0 Å². The molecule has 0 atom stereocenters. The Morgan fingerprint density at radius 3 is 2.42 bits per heavy atom. The Balaban J connectivity index is 0.00000180. The van der Waals surface area contributed by atoms with E-state index < -0.39 is 0 Å². The van der Waals surface area contributed by atoms with Crippen molar-refractivity contribution in [3.05, 3.63) is 33.8 Å². The van der Waals surface area contributed by atoms with Gasteiger partial charge in [0.15, 0.2) is 0 Å². The molecular weight excluding hydrogens is 307 g/mol. The third-order valence-electron chi connectivity index (χ3n) is 3.28. The van der Waals surface area contributed by atoms with Gasteiger partial charge in [0.05, 0.1) is 10.6 Å². The zero-order valence-electron chi connectivity index (χ0n) is 10.4. The van der Waals surface area contributed by atoms with Crippen molar-refractivity contribution >= 4 is 41.5 Å². The fourth-order valence-electron chi connectivity index (χ4n) is 2.20. The molecule has 3 N–H and O–H groups in total. The fourth-order valence-corrected chi connectivity index (χ4v) is 2.69. The van der Waals surface area contributed by atoms with Gasteiger partial charge in [-0.25, -0.2) is 0 Å². The Morgan fingerprint density at radius 2 is 1.84 bits per heavy atom. The zero-order chi connectivity index (χ0) is 13.1. The van der Waals surface area contributed by atoms with Gasteiger partial charge in [0.2, 0.25) is 0 Å². The first-order valence-electron chi connectivity index (χ1n) is 6.08. The summed E-state index contributed by atoms with van der Waals surface area (Å²) in [5.41, 5.74) is 6.30. The lowest BCUT2D eigenvalue weighted by Crippen LogP contribution is -2.40. The minimum absolute atomic E-state index is 0. The largest absolute Gasteiger partial charge is 0.349 e. The molecule has 3 nitrogen and oxygen atoms in total. The number of benzene rings is 1. The van der Waals surface area contributed by atoms with Crippen LogP contribution in [0, 0.1) is 0 Å². The van der Waals surface area contributed by atoms with Crippen LogP contribution in [0.5, 0.6) is 0 Å². The van der Waals surface area contributed by atoms with Crippen molar-refractivity contribution in [3.63, 3.8) is 0 Å². The summed E-state index contributed by atoms with van der Waals surface area (Å²) in [6.07, 6.45) is 3.77. The molecule has 0 saturated heterocycles. The van der Waals surface area contributed by atoms with Crippen molar-refractivity contribution < 1.29 is 4.79 Å². The molecule has 1 amide bonds. The van der Waals surface area contributed by atoms with E-state index in [1.165, 1.54) is 0 Å². The van der Waals surface area contributed by atoms with Gasteiger partial charge in [-0.1, -0.05) is 23.2 Å². The minimum Gasteiger partial charge on any atom is -0.349 e. The topological polar surface area (TPSA) is 55.1 Å². The lowest BCUT2D eigenvalue weighted by atomic mass is 9.91. The summed E-state index contributed by atoms with van der Waals surface area (Å²) in [6, 6.07) is 5.36. The van der Waals surface area contributed by atoms with E-state index in [2.05, 4.69) is 5.32 Å². The van der Waals surface area contributed by atoms with Gasteiger partial charge in [0, 0.05) is 17.1 Å². The van der Waals surface area contributed by atoms with Gasteiger partial charge in [-0.05, 0) is 43.9 Å². The van der Waals surface area contributed by atoms with Crippen molar-refractivity contribution in [3.8, 4) is 0 Å². The molecule has 1 aliphatic rings. The van der Waals surface area contributed by atoms with E-state index in [9.17, 15) is 4.79 Å². The number of nitrogens with two attached hydrogens (primary N) is 1. The first-order valence-corrected chi connectivity index (χ1v) is 6.83. The van der Waals surface area contributed by atoms with Gasteiger partial charge < -0.3 is 11.1 Å². The Hall–Kier alpha value is -0.480. The smallest absolute Gasteiger partial charge is 0.253 e. The molecule has 1 fully saturated rings. The molecular formula is C13H17Cl3N2O. The number of carbonyl (C=O) groups is 1. The Kier molecular flexibility index (Phi) is 6.40. The van der Waals surface area contributed by atoms with Gasteiger partial charge in [-0.15, -0.1) is 12.4 Å². The predicted octanol–water partition coefficient (Wildman–Crippen LogP) is 3.41. The summed E-state index contributed by atoms with van der Waals surface area (Å²) in [4.78, 5) is 12.1. The third kappa shape index (κ3) is 4.53. The summed E-state index contributed by atoms with van der Waals surface area (Å²) < 4.78 is 0. The van der Waals surface area contributed by atoms with Crippen molar-refractivity contribution in [2.45, 2.75) is 37.8 Å². The van der Waals surface area contributed by atoms with Crippen molar-refractivity contribution in [1.82, 2.24) is 5.32 Å². The number of rotatable bonds is 2. The van der Waals surface area contributed by atoms with Crippen LogP contribution < -0.4 is 11.1 Å². The molecule has 0 heterocycles. The molecule has 0 aromatic heterocycles. The van der Waals surface area contributed by atoms with E-state index in [4.69, 9.17) is 28.9 Å². The van der Waals surface area contributed by atoms with Crippen molar-refractivity contribution in [2.75, 3.05) is 0 Å². The molecule has 0 aliphatic heterocycles. The Labute approximate surface area is 129 Å². The monoisotopic (exact) mass is 322 g/mol. The molecule has 0 spiro atoms. The molecule has 6 heteroatoms. The van der Waals surface area contributed by atoms with E-state index in [0.29, 0.717) is 15.6 Å². The third-order valence-corrected chi connectivity index (χ3v) is 3.83. The van der Waals surface area contributed by atoms with E-state index in [1.54, 1.807) is 18.2 Å². The van der Waals surface area contributed by atoms with Crippen LogP contribution in [-0.2, 0) is 0 Å². The molecule has 2 rings (SSSR count). The van der Waals surface area contributed by atoms with Crippen LogP contribution in [0.4, 0.5) is 0 Å². The first-order chi connectivity index (χ1) is 8.56. The first kappa shape index (κ1) is 16.6. The average Bonchev–Trinajstić information content (AvgIpc) is 2.32. The summed E-state index contributed by atoms with van der Waals surface area (Å²) >= 11 is 11.8. The Bertz CT molecular complexity index is 446. The van der Waals surface area contributed by atoms with Crippen LogP contribution in [0.15, 0.2) is 18.2 Å². The van der Waals surface area contributed by atoms with Gasteiger partial charge >= 0.3 is 0 Å². The predicted molar refractivity (Wildman–Crippen MR) is 81.4 cm³/mol. The zero-order valence-corrected chi connectivity index (χ0v) is 12.7. The van der Waals surface area contributed by atoms with Crippen LogP contribution in [0.3, 0.4) is 0 Å². The van der Waals surface area contributed by atoms with Crippen LogP contribution in [0.1, 0.15) is 36.0 Å². The molecule has 0 radical (unpaired) electrons. The normalized spacial score (nSPS) is 22.5. The van der Waals surface area contributed by atoms with Gasteiger partial charge in [0.1, 0.15) is 0 Å². The number of carbonyl (C=O) groups excluding carboxylic acids is 1. The molecule has 1 saturated carbocycles. The van der Waals surface area contributed by atoms with Crippen LogP contribution in [0.2, 0.25) is 10.0 Å². The van der Waals surface area contributed by atoms with Crippen LogP contribution in [-0.4, -0.2) is 18.0 Å². The number of amides is 1. The minimum atomic E-state index is -0.142. The number of hydrogen-bond donors (Lipinski definition) is 2. The molecule has 1 aromatic carbocycles. The summed E-state index contributed by atoms with van der Waals surface area (Å²) in [5, 5.41) is 3.90. The average molecular weight is 324 g/mol. The maximum atomic E-state index is 12.1. The molecule has 106 valence electrons. The molecule has 0 bridgehead atoms. The van der Waals surface area contributed by atoms with E-state index in [-0.39, 0.29) is 30.4 Å². The van der Waals surface area contributed by atoms with E-state index in [1.807, 2.05) is 0 Å². The van der Waals surface area contributed by atoms with Gasteiger partial charge in [0.25, 0.3) is 5.91 Å². The summed E-state index contributed by atoms with van der Waals surface area (Å²) in [6.45, 7) is 0. The quantitative estimate of drug-likeness (QED) is 0.876. The number of halogens is 3. The fraction of sp³-hybridized carbons (Fsp3) is 0.462. The second-order valence-electron chi connectivity index (χ2n) is 4.71. The summed E-state index contributed by atoms with van der Waals surface area (Å²) in [7, 11) is 0. The van der Waals surface area contributed by atoms with Crippen molar-refractivity contribution in [1.29, 1.82) is 0 Å². The highest BCUT2D eigenvalue weighted by Crippen LogP contribution is 2.22. The standard InChI is InChI=1S/C13H16Cl2N2O.ClH/c14-8-1-6-11(12(15)7-8)13(18)17-10-4-2-9(16)3-5-10;/h1,6-7,9-10H,2-5,16H2,(H,17,18);1H. The lowest BCUT2D eigenvalue weighted by molar-refractivity contribution is 0.0926. The SMILES string of the molecule is Cl.NC1CCC(NC(=O)c2ccc(Cl)cc2Cl)CC1. The highest BCUT2D eigenvalue weighted by molar-refractivity contribution is 6.36. The number of hydrogen-bond acceptors (Lipinski definition) is 2. The molecule has 0 unspecified atom stereocenters. The highest BCUT2D eigenvalue weighted by Gasteiger charge is 2.21. The second kappa shape index (κ2) is 7.34.